The van der Waals surface area contributed by atoms with Gasteiger partial charge in [-0.15, -0.1) is 0 Å². The molecule has 0 saturated heterocycles. The van der Waals surface area contributed by atoms with Crippen molar-refractivity contribution >= 4 is 22.7 Å². The Morgan fingerprint density at radius 2 is 1.40 bits per heavy atom. The van der Waals surface area contributed by atoms with Crippen molar-refractivity contribution < 1.29 is 4.74 Å². The first-order valence-electron chi connectivity index (χ1n) is 12.0. The average Bonchev–Trinajstić information content (AvgIpc) is 3.09. The molecule has 1 N–H and O–H groups in total. The number of ether oxygens (including phenoxy) is 1. The van der Waals surface area contributed by atoms with Crippen LogP contribution < -0.4 is 10.1 Å². The van der Waals surface area contributed by atoms with E-state index >= 15 is 0 Å². The van der Waals surface area contributed by atoms with Crippen LogP contribution >= 0.6 is 0 Å². The SMILES string of the molecule is C=C1/C=C\C=C(\c2ccc(Nc3ccc4c(c3)C(C)(C)c3ccccc3-4)cc2)Oc2ccccc21. The van der Waals surface area contributed by atoms with Gasteiger partial charge in [-0.1, -0.05) is 81.1 Å². The van der Waals surface area contributed by atoms with E-state index in [0.29, 0.717) is 0 Å². The van der Waals surface area contributed by atoms with Crippen LogP contribution in [0.3, 0.4) is 0 Å². The molecule has 35 heavy (non-hydrogen) atoms. The van der Waals surface area contributed by atoms with Crippen molar-refractivity contribution in [3.63, 3.8) is 0 Å². The van der Waals surface area contributed by atoms with Crippen molar-refractivity contribution in [3.8, 4) is 16.9 Å². The number of anilines is 2. The molecule has 0 radical (unpaired) electrons. The number of allylic oxidation sites excluding steroid dienone is 4. The van der Waals surface area contributed by atoms with Gasteiger partial charge in [-0.2, -0.15) is 0 Å². The zero-order valence-corrected chi connectivity index (χ0v) is 20.0. The van der Waals surface area contributed by atoms with E-state index in [1.165, 1.54) is 22.3 Å². The van der Waals surface area contributed by atoms with Crippen LogP contribution in [0, 0.1) is 0 Å². The number of rotatable bonds is 3. The highest BCUT2D eigenvalue weighted by molar-refractivity contribution is 5.83. The smallest absolute Gasteiger partial charge is 0.135 e. The maximum absolute atomic E-state index is 6.28. The predicted octanol–water partition coefficient (Wildman–Crippen LogP) is 8.74. The van der Waals surface area contributed by atoms with Crippen LogP contribution in [0.4, 0.5) is 11.4 Å². The minimum Gasteiger partial charge on any atom is -0.456 e. The van der Waals surface area contributed by atoms with E-state index in [-0.39, 0.29) is 5.41 Å². The molecule has 0 amide bonds. The number of nitrogens with one attached hydrogen (secondary N) is 1. The predicted molar refractivity (Wildman–Crippen MR) is 147 cm³/mol. The molecule has 0 unspecified atom stereocenters. The lowest BCUT2D eigenvalue weighted by atomic mass is 9.82. The summed E-state index contributed by atoms with van der Waals surface area (Å²) in [5.74, 6) is 1.63. The first kappa shape index (κ1) is 21.2. The molecule has 0 bridgehead atoms. The van der Waals surface area contributed by atoms with Gasteiger partial charge in [0.15, 0.2) is 0 Å². The highest BCUT2D eigenvalue weighted by Crippen LogP contribution is 2.49. The molecular formula is C33H27NO. The van der Waals surface area contributed by atoms with Crippen LogP contribution in [0.5, 0.6) is 5.75 Å². The van der Waals surface area contributed by atoms with Crippen molar-refractivity contribution in [2.24, 2.45) is 0 Å². The van der Waals surface area contributed by atoms with Crippen molar-refractivity contribution in [1.29, 1.82) is 0 Å². The number of hydrogen-bond donors (Lipinski definition) is 1. The van der Waals surface area contributed by atoms with Gasteiger partial charge in [0.1, 0.15) is 11.5 Å². The van der Waals surface area contributed by atoms with Gasteiger partial charge in [-0.3, -0.25) is 0 Å². The summed E-state index contributed by atoms with van der Waals surface area (Å²) in [5.41, 5.74) is 10.5. The van der Waals surface area contributed by atoms with Gasteiger partial charge >= 0.3 is 0 Å². The molecule has 0 spiro atoms. The molecular weight excluding hydrogens is 426 g/mol. The summed E-state index contributed by atoms with van der Waals surface area (Å²) >= 11 is 0. The minimum atomic E-state index is -0.00932. The zero-order chi connectivity index (χ0) is 24.0. The van der Waals surface area contributed by atoms with Gasteiger partial charge in [0.2, 0.25) is 0 Å². The Morgan fingerprint density at radius 3 is 2.23 bits per heavy atom. The lowest BCUT2D eigenvalue weighted by Gasteiger charge is -2.22. The summed E-state index contributed by atoms with van der Waals surface area (Å²) in [7, 11) is 0. The highest BCUT2D eigenvalue weighted by Gasteiger charge is 2.35. The normalized spacial score (nSPS) is 17.5. The largest absolute Gasteiger partial charge is 0.456 e. The Kier molecular flexibility index (Phi) is 4.96. The van der Waals surface area contributed by atoms with Crippen molar-refractivity contribution in [2.45, 2.75) is 19.3 Å². The Hall–Kier alpha value is -4.30. The molecule has 6 rings (SSSR count). The molecule has 4 aromatic carbocycles. The molecule has 1 aliphatic carbocycles. The van der Waals surface area contributed by atoms with Crippen molar-refractivity contribution in [2.75, 3.05) is 5.32 Å². The zero-order valence-electron chi connectivity index (χ0n) is 20.0. The maximum atomic E-state index is 6.28. The van der Waals surface area contributed by atoms with Crippen molar-refractivity contribution in [1.82, 2.24) is 0 Å². The molecule has 1 heterocycles. The molecule has 0 aromatic heterocycles. The number of fused-ring (bicyclic) bond motifs is 4. The summed E-state index contributed by atoms with van der Waals surface area (Å²) < 4.78 is 6.28. The molecule has 0 fully saturated rings. The summed E-state index contributed by atoms with van der Waals surface area (Å²) in [6.07, 6.45) is 6.00. The average molecular weight is 454 g/mol. The van der Waals surface area contributed by atoms with Crippen LogP contribution in [0.25, 0.3) is 22.5 Å². The third kappa shape index (κ3) is 3.68. The fraction of sp³-hybridized carbons (Fsp3) is 0.0909. The summed E-state index contributed by atoms with van der Waals surface area (Å²) in [4.78, 5) is 0. The lowest BCUT2D eigenvalue weighted by molar-refractivity contribution is 0.513. The highest BCUT2D eigenvalue weighted by atomic mass is 16.5. The second kappa shape index (κ2) is 8.18. The third-order valence-corrected chi connectivity index (χ3v) is 7.04. The van der Waals surface area contributed by atoms with Gasteiger partial charge in [0.05, 0.1) is 0 Å². The quantitative estimate of drug-likeness (QED) is 0.335. The first-order chi connectivity index (χ1) is 17.0. The summed E-state index contributed by atoms with van der Waals surface area (Å²) in [5, 5.41) is 3.59. The van der Waals surface area contributed by atoms with Gasteiger partial charge in [0, 0.05) is 27.9 Å². The summed E-state index contributed by atoms with van der Waals surface area (Å²) in [6.45, 7) is 8.76. The van der Waals surface area contributed by atoms with E-state index < -0.39 is 0 Å². The first-order valence-corrected chi connectivity index (χ1v) is 12.0. The fourth-order valence-electron chi connectivity index (χ4n) is 5.14. The van der Waals surface area contributed by atoms with Gasteiger partial charge in [-0.25, -0.2) is 0 Å². The molecule has 0 atom stereocenters. The third-order valence-electron chi connectivity index (χ3n) is 7.04. The lowest BCUT2D eigenvalue weighted by Crippen LogP contribution is -2.15. The van der Waals surface area contributed by atoms with Crippen LogP contribution in [-0.2, 0) is 5.41 Å². The number of benzene rings is 4. The van der Waals surface area contributed by atoms with Gasteiger partial charge < -0.3 is 10.1 Å². The maximum Gasteiger partial charge on any atom is 0.135 e. The van der Waals surface area contributed by atoms with E-state index in [9.17, 15) is 0 Å². The van der Waals surface area contributed by atoms with E-state index in [0.717, 1.165) is 39.6 Å². The second-order valence-corrected chi connectivity index (χ2v) is 9.65. The van der Waals surface area contributed by atoms with E-state index in [2.05, 4.69) is 92.5 Å². The Labute approximate surface area is 206 Å². The monoisotopic (exact) mass is 453 g/mol. The van der Waals surface area contributed by atoms with E-state index in [4.69, 9.17) is 4.74 Å². The van der Waals surface area contributed by atoms with Crippen molar-refractivity contribution in [3.05, 3.63) is 138 Å². The Morgan fingerprint density at radius 1 is 0.714 bits per heavy atom. The molecule has 1 aliphatic heterocycles. The van der Waals surface area contributed by atoms with Crippen LogP contribution in [0.15, 0.2) is 116 Å². The van der Waals surface area contributed by atoms with Gasteiger partial charge in [0.25, 0.3) is 0 Å². The Balaban J connectivity index is 1.26. The summed E-state index contributed by atoms with van der Waals surface area (Å²) in [6, 6.07) is 31.8. The Bertz CT molecular complexity index is 1520. The minimum absolute atomic E-state index is 0.00932. The number of para-hydroxylation sites is 1. The molecule has 2 aliphatic rings. The standard InChI is InChI=1S/C33H27NO/c1-22-9-8-14-31(35-32-13-7-5-10-26(22)32)23-15-17-24(18-16-23)34-25-19-20-28-27-11-4-6-12-29(27)33(2,3)30(28)21-25/h4-21,34H,1H2,2-3H3/b9-8-,31-14-. The van der Waals surface area contributed by atoms with Crippen LogP contribution in [0.2, 0.25) is 0 Å². The fourth-order valence-corrected chi connectivity index (χ4v) is 5.14. The topological polar surface area (TPSA) is 21.3 Å². The molecule has 2 heteroatoms. The molecule has 0 saturated carbocycles. The molecule has 2 nitrogen and oxygen atoms in total. The number of hydrogen-bond acceptors (Lipinski definition) is 2. The van der Waals surface area contributed by atoms with Crippen LogP contribution in [0.1, 0.15) is 36.1 Å². The van der Waals surface area contributed by atoms with Crippen LogP contribution in [-0.4, -0.2) is 0 Å². The molecule has 4 aromatic rings. The van der Waals surface area contributed by atoms with Gasteiger partial charge in [-0.05, 0) is 76.4 Å². The van der Waals surface area contributed by atoms with E-state index in [1.54, 1.807) is 0 Å². The molecule has 170 valence electrons. The second-order valence-electron chi connectivity index (χ2n) is 9.65. The van der Waals surface area contributed by atoms with E-state index in [1.807, 2.05) is 42.5 Å².